The van der Waals surface area contributed by atoms with Crippen LogP contribution in [0.5, 0.6) is 0 Å². The van der Waals surface area contributed by atoms with E-state index in [1.807, 2.05) is 32.9 Å². The molecule has 0 radical (unpaired) electrons. The molecule has 3 N–H and O–H groups in total. The molecule has 0 bridgehead atoms. The van der Waals surface area contributed by atoms with Gasteiger partial charge in [-0.1, -0.05) is 36.4 Å². The molecule has 0 aliphatic rings. The second-order valence-electron chi connectivity index (χ2n) is 6.96. The largest absolute Gasteiger partial charge is 0.444 e. The molecule has 0 aliphatic carbocycles. The molecule has 2 aromatic carbocycles. The minimum atomic E-state index is -0.491. The van der Waals surface area contributed by atoms with Crippen molar-refractivity contribution in [2.75, 3.05) is 20.1 Å². The maximum absolute atomic E-state index is 11.6. The number of fused-ring (bicyclic) bond motifs is 1. The maximum Gasteiger partial charge on any atom is 0.407 e. The van der Waals surface area contributed by atoms with Crippen molar-refractivity contribution in [1.29, 1.82) is 0 Å². The van der Waals surface area contributed by atoms with Gasteiger partial charge < -0.3 is 20.7 Å². The molecule has 0 fully saturated rings. The molecule has 0 atom stereocenters. The highest BCUT2D eigenvalue weighted by Gasteiger charge is 2.15. The Morgan fingerprint density at radius 1 is 1.00 bits per heavy atom. The second-order valence-corrected chi connectivity index (χ2v) is 6.96. The minimum absolute atomic E-state index is 0. The first kappa shape index (κ1) is 23.0. The van der Waals surface area contributed by atoms with Crippen molar-refractivity contribution in [3.8, 4) is 0 Å². The van der Waals surface area contributed by atoms with Gasteiger partial charge >= 0.3 is 6.09 Å². The number of carbonyl (C=O) groups excluding carboxylic acids is 1. The summed E-state index contributed by atoms with van der Waals surface area (Å²) in [6.45, 7) is 7.18. The quantitative estimate of drug-likeness (QED) is 0.262. The molecule has 0 spiro atoms. The molecular weight excluding hydrogens is 455 g/mol. The Balaban J connectivity index is 0.00000364. The molecule has 7 heteroatoms. The fraction of sp³-hybridized carbons (Fsp3) is 0.400. The number of halogens is 1. The van der Waals surface area contributed by atoms with Crippen molar-refractivity contribution in [3.63, 3.8) is 0 Å². The summed E-state index contributed by atoms with van der Waals surface area (Å²) in [6, 6.07) is 14.7. The fourth-order valence-electron chi connectivity index (χ4n) is 2.41. The lowest BCUT2D eigenvalue weighted by molar-refractivity contribution is 0.0529. The lowest BCUT2D eigenvalue weighted by atomic mass is 10.1. The number of amides is 1. The highest BCUT2D eigenvalue weighted by atomic mass is 127. The van der Waals surface area contributed by atoms with Gasteiger partial charge in [0.15, 0.2) is 5.96 Å². The standard InChI is InChI=1S/C20H28N4O2.HI/c1-20(2,3)26-19(25)23-12-11-22-18(21-4)24-14-15-9-10-16-7-5-6-8-17(16)13-15;/h5-10,13H,11-12,14H2,1-4H3,(H,23,25)(H2,21,22,24);1H. The predicted molar refractivity (Wildman–Crippen MR) is 122 cm³/mol. The van der Waals surface area contributed by atoms with E-state index in [0.29, 0.717) is 25.6 Å². The van der Waals surface area contributed by atoms with Gasteiger partial charge in [0.1, 0.15) is 5.60 Å². The van der Waals surface area contributed by atoms with E-state index < -0.39 is 11.7 Å². The van der Waals surface area contributed by atoms with Crippen molar-refractivity contribution in [3.05, 3.63) is 48.0 Å². The van der Waals surface area contributed by atoms with Crippen molar-refractivity contribution >= 4 is 46.8 Å². The number of hydrogen-bond acceptors (Lipinski definition) is 3. The van der Waals surface area contributed by atoms with E-state index in [4.69, 9.17) is 4.74 Å². The van der Waals surface area contributed by atoms with Crippen LogP contribution in [-0.4, -0.2) is 37.8 Å². The fourth-order valence-corrected chi connectivity index (χ4v) is 2.41. The topological polar surface area (TPSA) is 74.8 Å². The van der Waals surface area contributed by atoms with Gasteiger partial charge in [-0.3, -0.25) is 4.99 Å². The zero-order chi connectivity index (χ0) is 19.0. The Hall–Kier alpha value is -2.03. The zero-order valence-electron chi connectivity index (χ0n) is 16.3. The summed E-state index contributed by atoms with van der Waals surface area (Å²) in [7, 11) is 1.72. The zero-order valence-corrected chi connectivity index (χ0v) is 18.7. The van der Waals surface area contributed by atoms with Gasteiger partial charge in [0, 0.05) is 26.7 Å². The minimum Gasteiger partial charge on any atom is -0.444 e. The monoisotopic (exact) mass is 484 g/mol. The summed E-state index contributed by atoms with van der Waals surface area (Å²) < 4.78 is 5.19. The SMILES string of the molecule is CN=C(NCCNC(=O)OC(C)(C)C)NCc1ccc2ccccc2c1.I. The van der Waals surface area contributed by atoms with Gasteiger partial charge in [0.2, 0.25) is 0 Å². The van der Waals surface area contributed by atoms with Crippen LogP contribution < -0.4 is 16.0 Å². The van der Waals surface area contributed by atoms with E-state index >= 15 is 0 Å². The van der Waals surface area contributed by atoms with Crippen LogP contribution in [0.25, 0.3) is 10.8 Å². The van der Waals surface area contributed by atoms with Gasteiger partial charge in [0.05, 0.1) is 0 Å². The van der Waals surface area contributed by atoms with Crippen molar-refractivity contribution in [1.82, 2.24) is 16.0 Å². The van der Waals surface area contributed by atoms with Crippen LogP contribution >= 0.6 is 24.0 Å². The maximum atomic E-state index is 11.6. The summed E-state index contributed by atoms with van der Waals surface area (Å²) in [5, 5.41) is 11.6. The molecular formula is C20H29IN4O2. The average Bonchev–Trinajstić information content (AvgIpc) is 2.59. The third kappa shape index (κ3) is 8.47. The highest BCUT2D eigenvalue weighted by Crippen LogP contribution is 2.15. The van der Waals surface area contributed by atoms with E-state index in [2.05, 4.69) is 51.3 Å². The van der Waals surface area contributed by atoms with Crippen LogP contribution in [0.4, 0.5) is 4.79 Å². The molecule has 27 heavy (non-hydrogen) atoms. The van der Waals surface area contributed by atoms with Gasteiger partial charge in [-0.15, -0.1) is 24.0 Å². The van der Waals surface area contributed by atoms with Crippen molar-refractivity contribution in [2.45, 2.75) is 32.9 Å². The molecule has 1 amide bonds. The van der Waals surface area contributed by atoms with E-state index in [0.717, 1.165) is 0 Å². The Morgan fingerprint density at radius 2 is 1.67 bits per heavy atom. The van der Waals surface area contributed by atoms with Crippen LogP contribution in [0, 0.1) is 0 Å². The molecule has 0 saturated heterocycles. The number of benzene rings is 2. The molecule has 2 rings (SSSR count). The number of alkyl carbamates (subject to hydrolysis) is 1. The molecule has 148 valence electrons. The first-order chi connectivity index (χ1) is 12.4. The summed E-state index contributed by atoms with van der Waals surface area (Å²) in [5.74, 6) is 0.684. The number of nitrogens with one attached hydrogen (secondary N) is 3. The Labute approximate surface area is 178 Å². The average molecular weight is 484 g/mol. The smallest absolute Gasteiger partial charge is 0.407 e. The van der Waals surface area contributed by atoms with E-state index in [1.165, 1.54) is 16.3 Å². The molecule has 0 saturated carbocycles. The lowest BCUT2D eigenvalue weighted by Crippen LogP contribution is -2.42. The lowest BCUT2D eigenvalue weighted by Gasteiger charge is -2.20. The van der Waals surface area contributed by atoms with E-state index in [1.54, 1.807) is 7.05 Å². The van der Waals surface area contributed by atoms with Crippen molar-refractivity contribution in [2.24, 2.45) is 4.99 Å². The van der Waals surface area contributed by atoms with E-state index in [9.17, 15) is 4.79 Å². The first-order valence-corrected chi connectivity index (χ1v) is 8.76. The van der Waals surface area contributed by atoms with Crippen LogP contribution in [0.15, 0.2) is 47.5 Å². The Morgan fingerprint density at radius 3 is 2.33 bits per heavy atom. The van der Waals surface area contributed by atoms with Gasteiger partial charge in [0.25, 0.3) is 0 Å². The van der Waals surface area contributed by atoms with Gasteiger partial charge in [-0.05, 0) is 43.2 Å². The van der Waals surface area contributed by atoms with Crippen LogP contribution in [0.1, 0.15) is 26.3 Å². The number of nitrogens with zero attached hydrogens (tertiary/aromatic N) is 1. The normalized spacial score (nSPS) is 11.5. The Kier molecular flexibility index (Phi) is 9.34. The number of hydrogen-bond donors (Lipinski definition) is 3. The summed E-state index contributed by atoms with van der Waals surface area (Å²) in [5.41, 5.74) is 0.688. The molecule has 0 aromatic heterocycles. The molecule has 2 aromatic rings. The number of aliphatic imine (C=N–C) groups is 1. The Bertz CT molecular complexity index is 772. The molecule has 6 nitrogen and oxygen atoms in total. The highest BCUT2D eigenvalue weighted by molar-refractivity contribution is 14.0. The third-order valence-corrected chi connectivity index (χ3v) is 3.58. The summed E-state index contributed by atoms with van der Waals surface area (Å²) in [6.07, 6.45) is -0.418. The summed E-state index contributed by atoms with van der Waals surface area (Å²) in [4.78, 5) is 15.8. The molecule has 0 unspecified atom stereocenters. The van der Waals surface area contributed by atoms with Crippen LogP contribution in [-0.2, 0) is 11.3 Å². The van der Waals surface area contributed by atoms with Crippen LogP contribution in [0.2, 0.25) is 0 Å². The first-order valence-electron chi connectivity index (χ1n) is 8.76. The van der Waals surface area contributed by atoms with Crippen molar-refractivity contribution < 1.29 is 9.53 Å². The number of carbonyl (C=O) groups is 1. The second kappa shape index (κ2) is 11.0. The number of rotatable bonds is 5. The summed E-state index contributed by atoms with van der Waals surface area (Å²) >= 11 is 0. The number of guanidine groups is 1. The van der Waals surface area contributed by atoms with Gasteiger partial charge in [-0.2, -0.15) is 0 Å². The number of ether oxygens (including phenoxy) is 1. The van der Waals surface area contributed by atoms with Gasteiger partial charge in [-0.25, -0.2) is 4.79 Å². The van der Waals surface area contributed by atoms with Crippen LogP contribution in [0.3, 0.4) is 0 Å². The molecule has 0 aliphatic heterocycles. The third-order valence-electron chi connectivity index (χ3n) is 3.58. The molecule has 0 heterocycles. The predicted octanol–water partition coefficient (Wildman–Crippen LogP) is 3.65. The van der Waals surface area contributed by atoms with E-state index in [-0.39, 0.29) is 24.0 Å².